The molecular formula is C19H30N4O3S2. The molecule has 9 heteroatoms. The molecule has 156 valence electrons. The molecule has 0 aromatic carbocycles. The Morgan fingerprint density at radius 3 is 2.39 bits per heavy atom. The summed E-state index contributed by atoms with van der Waals surface area (Å²) in [5, 5.41) is 1.80. The first-order valence-corrected chi connectivity index (χ1v) is 12.3. The van der Waals surface area contributed by atoms with Crippen molar-refractivity contribution in [2.45, 2.75) is 29.5 Å². The number of amides is 1. The van der Waals surface area contributed by atoms with Gasteiger partial charge in [-0.25, -0.2) is 8.42 Å². The Bertz CT molecular complexity index is 795. The molecule has 3 saturated heterocycles. The van der Waals surface area contributed by atoms with Crippen LogP contribution in [0.1, 0.15) is 19.3 Å². The lowest BCUT2D eigenvalue weighted by Gasteiger charge is -2.38. The number of likely N-dealkylation sites (tertiary alicyclic amines) is 1. The van der Waals surface area contributed by atoms with Gasteiger partial charge in [-0.1, -0.05) is 6.07 Å². The number of nitrogens with zero attached hydrogens (tertiary/aromatic N) is 4. The number of hydrogen-bond acceptors (Lipinski definition) is 6. The molecule has 3 aliphatic rings. The van der Waals surface area contributed by atoms with Crippen LogP contribution in [-0.2, 0) is 14.8 Å². The zero-order valence-electron chi connectivity index (χ0n) is 16.7. The van der Waals surface area contributed by atoms with Crippen molar-refractivity contribution >= 4 is 27.3 Å². The number of carbonyl (C=O) groups is 1. The third-order valence-corrected chi connectivity index (χ3v) is 9.99. The quantitative estimate of drug-likeness (QED) is 0.722. The van der Waals surface area contributed by atoms with E-state index in [0.29, 0.717) is 17.3 Å². The van der Waals surface area contributed by atoms with Crippen molar-refractivity contribution in [2.75, 3.05) is 59.9 Å². The van der Waals surface area contributed by atoms with Gasteiger partial charge < -0.3 is 9.80 Å². The van der Waals surface area contributed by atoms with Crippen LogP contribution in [0.15, 0.2) is 21.7 Å². The largest absolute Gasteiger partial charge is 0.339 e. The van der Waals surface area contributed by atoms with Crippen LogP contribution < -0.4 is 0 Å². The topological polar surface area (TPSA) is 64.2 Å². The van der Waals surface area contributed by atoms with Gasteiger partial charge in [-0.05, 0) is 50.2 Å². The minimum atomic E-state index is -3.37. The molecule has 3 aliphatic heterocycles. The first kappa shape index (κ1) is 20.3. The fraction of sp³-hybridized carbons (Fsp3) is 0.737. The molecule has 4 heterocycles. The number of sulfonamides is 1. The van der Waals surface area contributed by atoms with Gasteiger partial charge in [-0.2, -0.15) is 4.31 Å². The van der Waals surface area contributed by atoms with Gasteiger partial charge in [0.2, 0.25) is 5.91 Å². The number of piperazine rings is 1. The van der Waals surface area contributed by atoms with Crippen LogP contribution in [0.25, 0.3) is 0 Å². The standard InChI is InChI=1S/C19H30N4O3S2/c1-20-9-11-22(12-10-20)18(24)16-14-19(15-21(16)2)5-7-23(8-6-19)28(25,26)17-4-3-13-27-17/h3-4,13,16H,5-12,14-15H2,1-2H3. The molecule has 0 N–H and O–H groups in total. The van der Waals surface area contributed by atoms with Crippen LogP contribution in [0.4, 0.5) is 0 Å². The molecule has 7 nitrogen and oxygen atoms in total. The van der Waals surface area contributed by atoms with E-state index in [1.165, 1.54) is 11.3 Å². The van der Waals surface area contributed by atoms with Gasteiger partial charge in [0.05, 0.1) is 6.04 Å². The highest BCUT2D eigenvalue weighted by molar-refractivity contribution is 7.91. The summed E-state index contributed by atoms with van der Waals surface area (Å²) < 4.78 is 27.6. The zero-order chi connectivity index (χ0) is 19.9. The van der Waals surface area contributed by atoms with Gasteiger partial charge in [0.15, 0.2) is 0 Å². The second kappa shape index (κ2) is 7.68. The molecule has 3 fully saturated rings. The number of piperidine rings is 1. The lowest BCUT2D eigenvalue weighted by molar-refractivity contribution is -0.137. The van der Waals surface area contributed by atoms with E-state index >= 15 is 0 Å². The van der Waals surface area contributed by atoms with Crippen LogP contribution in [0.5, 0.6) is 0 Å². The Hall–Kier alpha value is -1.00. The van der Waals surface area contributed by atoms with E-state index in [2.05, 4.69) is 16.8 Å². The highest BCUT2D eigenvalue weighted by Crippen LogP contribution is 2.44. The van der Waals surface area contributed by atoms with Crippen LogP contribution in [-0.4, -0.2) is 99.3 Å². The summed E-state index contributed by atoms with van der Waals surface area (Å²) in [4.78, 5) is 19.5. The summed E-state index contributed by atoms with van der Waals surface area (Å²) in [7, 11) is 0.765. The fourth-order valence-electron chi connectivity index (χ4n) is 4.88. The van der Waals surface area contributed by atoms with Crippen LogP contribution in [0.3, 0.4) is 0 Å². The molecule has 1 spiro atoms. The van der Waals surface area contributed by atoms with Crippen molar-refractivity contribution in [2.24, 2.45) is 5.41 Å². The van der Waals surface area contributed by atoms with E-state index in [-0.39, 0.29) is 17.4 Å². The highest BCUT2D eigenvalue weighted by atomic mass is 32.2. The van der Waals surface area contributed by atoms with Gasteiger partial charge in [0.25, 0.3) is 10.0 Å². The summed E-state index contributed by atoms with van der Waals surface area (Å²) in [6, 6.07) is 3.39. The van der Waals surface area contributed by atoms with E-state index in [1.807, 2.05) is 11.9 Å². The Labute approximate surface area is 171 Å². The van der Waals surface area contributed by atoms with Crippen molar-refractivity contribution in [3.8, 4) is 0 Å². The van der Waals surface area contributed by atoms with Crippen LogP contribution in [0, 0.1) is 5.41 Å². The predicted octanol–water partition coefficient (Wildman–Crippen LogP) is 0.997. The summed E-state index contributed by atoms with van der Waals surface area (Å²) in [6.07, 6.45) is 2.50. The van der Waals surface area contributed by atoms with Gasteiger partial charge in [-0.3, -0.25) is 9.69 Å². The molecule has 1 unspecified atom stereocenters. The van der Waals surface area contributed by atoms with E-state index < -0.39 is 10.0 Å². The van der Waals surface area contributed by atoms with Gasteiger partial charge in [0, 0.05) is 45.8 Å². The Morgan fingerprint density at radius 2 is 1.79 bits per heavy atom. The first-order valence-electron chi connectivity index (χ1n) is 10.0. The summed E-state index contributed by atoms with van der Waals surface area (Å²) in [5.41, 5.74) is 0.0587. The van der Waals surface area contributed by atoms with E-state index in [4.69, 9.17) is 0 Å². The van der Waals surface area contributed by atoms with Crippen molar-refractivity contribution in [3.05, 3.63) is 17.5 Å². The number of carbonyl (C=O) groups excluding carboxylic acids is 1. The van der Waals surface area contributed by atoms with Gasteiger partial charge in [-0.15, -0.1) is 11.3 Å². The molecular weight excluding hydrogens is 396 g/mol. The molecule has 28 heavy (non-hydrogen) atoms. The number of likely N-dealkylation sites (N-methyl/N-ethyl adjacent to an activating group) is 2. The Kier molecular flexibility index (Phi) is 5.56. The highest BCUT2D eigenvalue weighted by Gasteiger charge is 2.48. The molecule has 0 radical (unpaired) electrons. The van der Waals surface area contributed by atoms with E-state index in [9.17, 15) is 13.2 Å². The third-order valence-electron chi connectivity index (χ3n) is 6.72. The molecule has 0 saturated carbocycles. The van der Waals surface area contributed by atoms with Crippen LogP contribution >= 0.6 is 11.3 Å². The van der Waals surface area contributed by atoms with E-state index in [0.717, 1.165) is 52.0 Å². The maximum Gasteiger partial charge on any atom is 0.252 e. The van der Waals surface area contributed by atoms with Crippen molar-refractivity contribution in [1.82, 2.24) is 19.0 Å². The maximum atomic E-state index is 13.1. The lowest BCUT2D eigenvalue weighted by atomic mass is 9.77. The normalized spacial score (nSPS) is 27.5. The number of rotatable bonds is 3. The van der Waals surface area contributed by atoms with Crippen LogP contribution in [0.2, 0.25) is 0 Å². The SMILES string of the molecule is CN1CCN(C(=O)C2CC3(CCN(S(=O)(=O)c4cccs4)CC3)CN2C)CC1. The number of hydrogen-bond donors (Lipinski definition) is 0. The van der Waals surface area contributed by atoms with Crippen molar-refractivity contribution < 1.29 is 13.2 Å². The minimum absolute atomic E-state index is 0.0587. The molecule has 1 atom stereocenters. The van der Waals surface area contributed by atoms with E-state index in [1.54, 1.807) is 21.8 Å². The lowest BCUT2D eigenvalue weighted by Crippen LogP contribution is -2.52. The van der Waals surface area contributed by atoms with Crippen molar-refractivity contribution in [1.29, 1.82) is 0 Å². The molecule has 0 aliphatic carbocycles. The Morgan fingerprint density at radius 1 is 1.11 bits per heavy atom. The van der Waals surface area contributed by atoms with Gasteiger partial charge in [0.1, 0.15) is 4.21 Å². The molecule has 1 aromatic heterocycles. The summed E-state index contributed by atoms with van der Waals surface area (Å²) in [6.45, 7) is 5.45. The first-order chi connectivity index (χ1) is 13.3. The Balaban J connectivity index is 1.39. The van der Waals surface area contributed by atoms with Crippen molar-refractivity contribution in [3.63, 3.8) is 0 Å². The summed E-state index contributed by atoms with van der Waals surface area (Å²) >= 11 is 1.28. The summed E-state index contributed by atoms with van der Waals surface area (Å²) in [5.74, 6) is 0.251. The smallest absolute Gasteiger partial charge is 0.252 e. The molecule has 1 amide bonds. The monoisotopic (exact) mass is 426 g/mol. The number of thiophene rings is 1. The van der Waals surface area contributed by atoms with Gasteiger partial charge >= 0.3 is 0 Å². The average molecular weight is 427 g/mol. The predicted molar refractivity (Wildman–Crippen MR) is 110 cm³/mol. The second-order valence-corrected chi connectivity index (χ2v) is 11.7. The average Bonchev–Trinajstić information content (AvgIpc) is 3.31. The molecule has 1 aromatic rings. The third kappa shape index (κ3) is 3.75. The fourth-order valence-corrected chi connectivity index (χ4v) is 7.47. The maximum absolute atomic E-state index is 13.1. The molecule has 0 bridgehead atoms. The zero-order valence-corrected chi connectivity index (χ0v) is 18.3. The molecule has 4 rings (SSSR count). The minimum Gasteiger partial charge on any atom is -0.339 e. The second-order valence-electron chi connectivity index (χ2n) is 8.60.